The summed E-state index contributed by atoms with van der Waals surface area (Å²) in [6.07, 6.45) is 6.15. The molecule has 0 heterocycles. The minimum Gasteiger partial charge on any atom is -0.386 e. The van der Waals surface area contributed by atoms with Crippen molar-refractivity contribution < 1.29 is 0 Å². The normalized spacial score (nSPS) is 16.5. The second-order valence-electron chi connectivity index (χ2n) is 4.69. The molecule has 1 nitrogen and oxygen atoms in total. The summed E-state index contributed by atoms with van der Waals surface area (Å²) in [5.74, 6) is 0.603. The summed E-state index contributed by atoms with van der Waals surface area (Å²) in [6, 6.07) is 0.717. The van der Waals surface area contributed by atoms with Gasteiger partial charge in [-0.3, -0.25) is 0 Å². The van der Waals surface area contributed by atoms with E-state index in [1.807, 2.05) is 0 Å². The summed E-state index contributed by atoms with van der Waals surface area (Å²) in [5, 5.41) is 3.48. The third kappa shape index (κ3) is 3.57. The molecule has 0 unspecified atom stereocenters. The molecule has 1 heteroatoms. The fraction of sp³-hybridized carbons (Fsp3) is 0.692. The van der Waals surface area contributed by atoms with E-state index in [4.69, 9.17) is 0 Å². The smallest absolute Gasteiger partial charge is 0.0258 e. The molecule has 1 N–H and O–H groups in total. The van der Waals surface area contributed by atoms with Gasteiger partial charge in [0.15, 0.2) is 0 Å². The first kappa shape index (κ1) is 11.4. The largest absolute Gasteiger partial charge is 0.386 e. The van der Waals surface area contributed by atoms with E-state index in [1.54, 1.807) is 0 Å². The zero-order chi connectivity index (χ0) is 10.6. The van der Waals surface area contributed by atoms with Crippen LogP contribution >= 0.6 is 0 Å². The fourth-order valence-electron chi connectivity index (χ4n) is 1.51. The van der Waals surface area contributed by atoms with E-state index < -0.39 is 0 Å². The van der Waals surface area contributed by atoms with Crippen LogP contribution in [0.25, 0.3) is 0 Å². The van der Waals surface area contributed by atoms with Gasteiger partial charge in [0.25, 0.3) is 0 Å². The first-order valence-electron chi connectivity index (χ1n) is 5.71. The van der Waals surface area contributed by atoms with Gasteiger partial charge in [-0.15, -0.1) is 0 Å². The molecule has 0 spiro atoms. The highest BCUT2D eigenvalue weighted by Crippen LogP contribution is 2.21. The van der Waals surface area contributed by atoms with Crippen molar-refractivity contribution in [3.05, 3.63) is 24.4 Å². The highest BCUT2D eigenvalue weighted by Gasteiger charge is 2.16. The van der Waals surface area contributed by atoms with Crippen LogP contribution in [0.1, 0.15) is 46.0 Å². The molecule has 14 heavy (non-hydrogen) atoms. The molecule has 0 aromatic rings. The average Bonchev–Trinajstić information content (AvgIpc) is 2.07. The van der Waals surface area contributed by atoms with Crippen molar-refractivity contribution in [2.75, 3.05) is 0 Å². The maximum atomic E-state index is 4.07. The molecule has 0 amide bonds. The highest BCUT2D eigenvalue weighted by molar-refractivity contribution is 5.04. The van der Waals surface area contributed by atoms with E-state index >= 15 is 0 Å². The molecule has 1 aliphatic carbocycles. The van der Waals surface area contributed by atoms with Crippen LogP contribution in [0.2, 0.25) is 0 Å². The third-order valence-corrected chi connectivity index (χ3v) is 3.08. The van der Waals surface area contributed by atoms with E-state index in [9.17, 15) is 0 Å². The van der Waals surface area contributed by atoms with Crippen LogP contribution < -0.4 is 5.32 Å². The summed E-state index contributed by atoms with van der Waals surface area (Å²) < 4.78 is 0. The molecule has 0 saturated heterocycles. The van der Waals surface area contributed by atoms with Crippen molar-refractivity contribution in [1.82, 2.24) is 5.32 Å². The molecule has 0 bridgehead atoms. The number of hydrogen-bond donors (Lipinski definition) is 1. The van der Waals surface area contributed by atoms with Gasteiger partial charge in [0.2, 0.25) is 0 Å². The van der Waals surface area contributed by atoms with Crippen molar-refractivity contribution in [2.45, 2.75) is 52.0 Å². The van der Waals surface area contributed by atoms with E-state index in [-0.39, 0.29) is 0 Å². The van der Waals surface area contributed by atoms with E-state index in [2.05, 4.69) is 32.3 Å². The van der Waals surface area contributed by atoms with Gasteiger partial charge in [-0.25, -0.2) is 0 Å². The minimum atomic E-state index is 0.603. The Morgan fingerprint density at radius 1 is 1.29 bits per heavy atom. The zero-order valence-corrected chi connectivity index (χ0v) is 9.60. The van der Waals surface area contributed by atoms with Crippen molar-refractivity contribution in [3.8, 4) is 0 Å². The van der Waals surface area contributed by atoms with Crippen LogP contribution in [0, 0.1) is 5.92 Å². The minimum absolute atomic E-state index is 0.603. The van der Waals surface area contributed by atoms with Crippen molar-refractivity contribution >= 4 is 0 Å². The summed E-state index contributed by atoms with van der Waals surface area (Å²) in [4.78, 5) is 0. The Bertz CT molecular complexity index is 211. The monoisotopic (exact) mass is 193 g/mol. The molecule has 80 valence electrons. The van der Waals surface area contributed by atoms with Crippen molar-refractivity contribution in [3.63, 3.8) is 0 Å². The zero-order valence-electron chi connectivity index (χ0n) is 9.60. The lowest BCUT2D eigenvalue weighted by atomic mass is 9.92. The van der Waals surface area contributed by atoms with E-state index in [0.29, 0.717) is 5.92 Å². The van der Waals surface area contributed by atoms with Crippen LogP contribution in [0.3, 0.4) is 0 Å². The van der Waals surface area contributed by atoms with Gasteiger partial charge in [-0.1, -0.05) is 32.6 Å². The lowest BCUT2D eigenvalue weighted by molar-refractivity contribution is 0.360. The number of nitrogens with one attached hydrogen (secondary N) is 1. The topological polar surface area (TPSA) is 12.0 Å². The van der Waals surface area contributed by atoms with Crippen LogP contribution in [-0.4, -0.2) is 6.04 Å². The summed E-state index contributed by atoms with van der Waals surface area (Å²) in [6.45, 7) is 12.5. The van der Waals surface area contributed by atoms with Gasteiger partial charge >= 0.3 is 0 Å². The lowest BCUT2D eigenvalue weighted by Crippen LogP contribution is -2.34. The maximum absolute atomic E-state index is 4.07. The molecule has 0 aromatic heterocycles. The number of hydrogen-bond acceptors (Lipinski definition) is 1. The Kier molecular flexibility index (Phi) is 4.24. The van der Waals surface area contributed by atoms with Gasteiger partial charge in [0, 0.05) is 11.7 Å². The van der Waals surface area contributed by atoms with E-state index in [1.165, 1.54) is 30.5 Å². The Labute approximate surface area is 88.3 Å². The predicted molar refractivity (Wildman–Crippen MR) is 63.1 cm³/mol. The predicted octanol–water partition coefficient (Wildman–Crippen LogP) is 3.63. The Morgan fingerprint density at radius 3 is 2.36 bits per heavy atom. The SMILES string of the molecule is C=C(CCC(=C)C(C)C)NC1CCC1. The van der Waals surface area contributed by atoms with Crippen LogP contribution in [-0.2, 0) is 0 Å². The quantitative estimate of drug-likeness (QED) is 0.635. The molecule has 1 fully saturated rings. The van der Waals surface area contributed by atoms with Crippen LogP contribution in [0.15, 0.2) is 24.4 Å². The number of allylic oxidation sites excluding steroid dienone is 2. The molecule has 1 saturated carbocycles. The standard InChI is InChI=1S/C13H23N/c1-10(2)11(3)8-9-12(4)14-13-6-5-7-13/h10,13-14H,3-9H2,1-2H3. The van der Waals surface area contributed by atoms with E-state index in [0.717, 1.165) is 18.9 Å². The van der Waals surface area contributed by atoms with Crippen LogP contribution in [0.5, 0.6) is 0 Å². The Balaban J connectivity index is 2.11. The number of rotatable bonds is 6. The second kappa shape index (κ2) is 5.23. The van der Waals surface area contributed by atoms with Gasteiger partial charge in [-0.2, -0.15) is 0 Å². The van der Waals surface area contributed by atoms with Crippen molar-refractivity contribution in [2.24, 2.45) is 5.92 Å². The molecular weight excluding hydrogens is 170 g/mol. The second-order valence-corrected chi connectivity index (χ2v) is 4.69. The molecule has 1 aliphatic rings. The first-order valence-corrected chi connectivity index (χ1v) is 5.71. The van der Waals surface area contributed by atoms with Gasteiger partial charge < -0.3 is 5.32 Å². The molecule has 0 aliphatic heterocycles. The summed E-state index contributed by atoms with van der Waals surface area (Å²) in [5.41, 5.74) is 2.53. The van der Waals surface area contributed by atoms with Crippen LogP contribution in [0.4, 0.5) is 0 Å². The first-order chi connectivity index (χ1) is 6.59. The average molecular weight is 193 g/mol. The highest BCUT2D eigenvalue weighted by atomic mass is 14.9. The lowest BCUT2D eigenvalue weighted by Gasteiger charge is -2.28. The summed E-state index contributed by atoms with van der Waals surface area (Å²) >= 11 is 0. The molecule has 1 rings (SSSR count). The molecule has 0 radical (unpaired) electrons. The molecular formula is C13H23N. The maximum Gasteiger partial charge on any atom is 0.0258 e. The van der Waals surface area contributed by atoms with Gasteiger partial charge in [0.1, 0.15) is 0 Å². The Hall–Kier alpha value is -0.720. The van der Waals surface area contributed by atoms with Gasteiger partial charge in [-0.05, 0) is 38.0 Å². The molecule has 0 aromatic carbocycles. The van der Waals surface area contributed by atoms with Gasteiger partial charge in [0.05, 0.1) is 0 Å². The fourth-order valence-corrected chi connectivity index (χ4v) is 1.51. The van der Waals surface area contributed by atoms with Crippen molar-refractivity contribution in [1.29, 1.82) is 0 Å². The Morgan fingerprint density at radius 2 is 1.93 bits per heavy atom. The molecule has 0 atom stereocenters. The summed E-state index contributed by atoms with van der Waals surface area (Å²) in [7, 11) is 0. The third-order valence-electron chi connectivity index (χ3n) is 3.08.